The van der Waals surface area contributed by atoms with E-state index in [0.717, 1.165) is 43.9 Å². The molecule has 0 amide bonds. The molecule has 2 rings (SSSR count). The second-order valence-corrected chi connectivity index (χ2v) is 4.38. The van der Waals surface area contributed by atoms with Crippen LogP contribution >= 0.6 is 0 Å². The van der Waals surface area contributed by atoms with E-state index in [1.54, 1.807) is 0 Å². The highest BCUT2D eigenvalue weighted by Crippen LogP contribution is 2.22. The minimum absolute atomic E-state index is 0.325. The third-order valence-corrected chi connectivity index (χ3v) is 3.23. The van der Waals surface area contributed by atoms with E-state index in [0.29, 0.717) is 11.9 Å². The molecule has 1 aliphatic rings. The SMILES string of the molecule is CCN(CC1CCCO1)c1ncnc(N)c1C. The van der Waals surface area contributed by atoms with E-state index in [1.807, 2.05) is 6.92 Å². The summed E-state index contributed by atoms with van der Waals surface area (Å²) >= 11 is 0. The number of nitrogen functional groups attached to an aromatic ring is 1. The van der Waals surface area contributed by atoms with Crippen molar-refractivity contribution in [1.82, 2.24) is 9.97 Å². The van der Waals surface area contributed by atoms with Gasteiger partial charge in [0, 0.05) is 25.3 Å². The predicted octanol–water partition coefficient (Wildman–Crippen LogP) is 1.37. The maximum absolute atomic E-state index is 5.81. The van der Waals surface area contributed by atoms with Crippen molar-refractivity contribution in [3.8, 4) is 0 Å². The quantitative estimate of drug-likeness (QED) is 0.855. The van der Waals surface area contributed by atoms with Crippen LogP contribution in [0.15, 0.2) is 6.33 Å². The average Bonchev–Trinajstić information content (AvgIpc) is 2.83. The van der Waals surface area contributed by atoms with Crippen molar-refractivity contribution < 1.29 is 4.74 Å². The number of hydrogen-bond acceptors (Lipinski definition) is 5. The Balaban J connectivity index is 2.13. The van der Waals surface area contributed by atoms with Gasteiger partial charge in [0.1, 0.15) is 18.0 Å². The van der Waals surface area contributed by atoms with Gasteiger partial charge in [0.25, 0.3) is 0 Å². The first-order chi connectivity index (χ1) is 8.22. The maximum atomic E-state index is 5.81. The van der Waals surface area contributed by atoms with Crippen LogP contribution in [0.25, 0.3) is 0 Å². The summed E-state index contributed by atoms with van der Waals surface area (Å²) in [5.74, 6) is 1.48. The molecule has 2 N–H and O–H groups in total. The lowest BCUT2D eigenvalue weighted by molar-refractivity contribution is 0.115. The number of anilines is 2. The fraction of sp³-hybridized carbons (Fsp3) is 0.667. The lowest BCUT2D eigenvalue weighted by Crippen LogP contribution is -2.33. The molecule has 2 heterocycles. The minimum Gasteiger partial charge on any atom is -0.383 e. The van der Waals surface area contributed by atoms with Crippen LogP contribution < -0.4 is 10.6 Å². The third-order valence-electron chi connectivity index (χ3n) is 3.23. The van der Waals surface area contributed by atoms with Gasteiger partial charge in [-0.1, -0.05) is 0 Å². The summed E-state index contributed by atoms with van der Waals surface area (Å²) in [6, 6.07) is 0. The van der Waals surface area contributed by atoms with Gasteiger partial charge in [-0.05, 0) is 26.7 Å². The summed E-state index contributed by atoms with van der Waals surface area (Å²) in [5, 5.41) is 0. The number of hydrogen-bond donors (Lipinski definition) is 1. The molecule has 1 aromatic rings. The highest BCUT2D eigenvalue weighted by atomic mass is 16.5. The van der Waals surface area contributed by atoms with Crippen LogP contribution in [-0.4, -0.2) is 35.8 Å². The molecule has 1 atom stereocenters. The van der Waals surface area contributed by atoms with Crippen LogP contribution in [0, 0.1) is 6.92 Å². The predicted molar refractivity (Wildman–Crippen MR) is 68.0 cm³/mol. The van der Waals surface area contributed by atoms with Gasteiger partial charge in [-0.15, -0.1) is 0 Å². The smallest absolute Gasteiger partial charge is 0.137 e. The molecule has 17 heavy (non-hydrogen) atoms. The van der Waals surface area contributed by atoms with E-state index in [4.69, 9.17) is 10.5 Å². The Morgan fingerprint density at radius 1 is 1.53 bits per heavy atom. The lowest BCUT2D eigenvalue weighted by atomic mass is 10.2. The highest BCUT2D eigenvalue weighted by molar-refractivity contribution is 5.55. The normalized spacial score (nSPS) is 19.5. The van der Waals surface area contributed by atoms with Crippen molar-refractivity contribution >= 4 is 11.6 Å². The molecule has 5 nitrogen and oxygen atoms in total. The summed E-state index contributed by atoms with van der Waals surface area (Å²) in [6.45, 7) is 6.74. The Bertz CT molecular complexity index is 377. The fourth-order valence-electron chi connectivity index (χ4n) is 2.17. The molecule has 1 saturated heterocycles. The number of rotatable bonds is 4. The van der Waals surface area contributed by atoms with Crippen LogP contribution in [0.3, 0.4) is 0 Å². The first-order valence-corrected chi connectivity index (χ1v) is 6.16. The van der Waals surface area contributed by atoms with Gasteiger partial charge in [-0.3, -0.25) is 0 Å². The number of likely N-dealkylation sites (N-methyl/N-ethyl adjacent to an activating group) is 1. The lowest BCUT2D eigenvalue weighted by Gasteiger charge is -2.26. The average molecular weight is 236 g/mol. The van der Waals surface area contributed by atoms with Gasteiger partial charge in [-0.2, -0.15) is 0 Å². The van der Waals surface area contributed by atoms with E-state index in [1.165, 1.54) is 6.33 Å². The minimum atomic E-state index is 0.325. The van der Waals surface area contributed by atoms with Crippen LogP contribution in [0.4, 0.5) is 11.6 Å². The first-order valence-electron chi connectivity index (χ1n) is 6.16. The summed E-state index contributed by atoms with van der Waals surface area (Å²) in [6.07, 6.45) is 4.14. The van der Waals surface area contributed by atoms with Crippen LogP contribution in [0.5, 0.6) is 0 Å². The zero-order valence-corrected chi connectivity index (χ0v) is 10.5. The van der Waals surface area contributed by atoms with Gasteiger partial charge in [0.05, 0.1) is 6.10 Å². The summed E-state index contributed by atoms with van der Waals surface area (Å²) in [4.78, 5) is 10.5. The van der Waals surface area contributed by atoms with Crippen molar-refractivity contribution in [3.05, 3.63) is 11.9 Å². The van der Waals surface area contributed by atoms with E-state index < -0.39 is 0 Å². The molecule has 0 saturated carbocycles. The second kappa shape index (κ2) is 5.31. The molecule has 0 bridgehead atoms. The van der Waals surface area contributed by atoms with Gasteiger partial charge < -0.3 is 15.4 Å². The Morgan fingerprint density at radius 2 is 2.35 bits per heavy atom. The zero-order valence-electron chi connectivity index (χ0n) is 10.5. The summed E-state index contributed by atoms with van der Waals surface area (Å²) in [7, 11) is 0. The van der Waals surface area contributed by atoms with Gasteiger partial charge in [-0.25, -0.2) is 9.97 Å². The van der Waals surface area contributed by atoms with Crippen molar-refractivity contribution in [2.45, 2.75) is 32.8 Å². The van der Waals surface area contributed by atoms with Gasteiger partial charge in [0.15, 0.2) is 0 Å². The van der Waals surface area contributed by atoms with Crippen molar-refractivity contribution in [1.29, 1.82) is 0 Å². The highest BCUT2D eigenvalue weighted by Gasteiger charge is 2.20. The molecule has 0 spiro atoms. The molecule has 0 aliphatic carbocycles. The number of ether oxygens (including phenoxy) is 1. The Kier molecular flexibility index (Phi) is 3.78. The van der Waals surface area contributed by atoms with Crippen LogP contribution in [0.2, 0.25) is 0 Å². The molecule has 0 aromatic carbocycles. The third kappa shape index (κ3) is 2.66. The molecular formula is C12H20N4O. The number of nitrogens with two attached hydrogens (primary N) is 1. The molecular weight excluding hydrogens is 216 g/mol. The first kappa shape index (κ1) is 12.1. The van der Waals surface area contributed by atoms with Crippen molar-refractivity contribution in [2.24, 2.45) is 0 Å². The fourth-order valence-corrected chi connectivity index (χ4v) is 2.17. The number of nitrogens with zero attached hydrogens (tertiary/aromatic N) is 3. The van der Waals surface area contributed by atoms with Crippen LogP contribution in [-0.2, 0) is 4.74 Å². The second-order valence-electron chi connectivity index (χ2n) is 4.38. The molecule has 1 unspecified atom stereocenters. The van der Waals surface area contributed by atoms with Crippen LogP contribution in [0.1, 0.15) is 25.3 Å². The maximum Gasteiger partial charge on any atom is 0.137 e. The van der Waals surface area contributed by atoms with E-state index in [9.17, 15) is 0 Å². The van der Waals surface area contributed by atoms with Crippen molar-refractivity contribution in [3.63, 3.8) is 0 Å². The molecule has 1 fully saturated rings. The van der Waals surface area contributed by atoms with E-state index in [2.05, 4.69) is 21.8 Å². The Hall–Kier alpha value is -1.36. The molecule has 1 aromatic heterocycles. The van der Waals surface area contributed by atoms with Gasteiger partial charge >= 0.3 is 0 Å². The molecule has 5 heteroatoms. The van der Waals surface area contributed by atoms with E-state index in [-0.39, 0.29) is 0 Å². The number of aromatic nitrogens is 2. The zero-order chi connectivity index (χ0) is 12.3. The monoisotopic (exact) mass is 236 g/mol. The largest absolute Gasteiger partial charge is 0.383 e. The summed E-state index contributed by atoms with van der Waals surface area (Å²) < 4.78 is 5.66. The van der Waals surface area contributed by atoms with E-state index >= 15 is 0 Å². The van der Waals surface area contributed by atoms with Crippen molar-refractivity contribution in [2.75, 3.05) is 30.3 Å². The molecule has 94 valence electrons. The Labute approximate surface area is 102 Å². The molecule has 1 aliphatic heterocycles. The molecule has 0 radical (unpaired) electrons. The van der Waals surface area contributed by atoms with Gasteiger partial charge in [0.2, 0.25) is 0 Å². The Morgan fingerprint density at radius 3 is 3.00 bits per heavy atom. The standard InChI is InChI=1S/C12H20N4O/c1-3-16(7-10-5-4-6-17-10)12-9(2)11(13)14-8-15-12/h8,10H,3-7H2,1-2H3,(H2,13,14,15). The summed E-state index contributed by atoms with van der Waals surface area (Å²) in [5.41, 5.74) is 6.76. The topological polar surface area (TPSA) is 64.3 Å².